The molecule has 1 aromatic rings. The molecule has 0 N–H and O–H groups in total. The van der Waals surface area contributed by atoms with Crippen LogP contribution in [0.2, 0.25) is 0 Å². The molecular formula is C12H12O2. The van der Waals surface area contributed by atoms with Crippen LogP contribution in [-0.2, 0) is 9.53 Å². The number of cyclic esters (lactones) is 1. The van der Waals surface area contributed by atoms with E-state index in [-0.39, 0.29) is 5.97 Å². The number of rotatable bonds is 1. The summed E-state index contributed by atoms with van der Waals surface area (Å²) in [7, 11) is 0. The highest BCUT2D eigenvalue weighted by Crippen LogP contribution is 2.17. The van der Waals surface area contributed by atoms with Crippen molar-refractivity contribution in [3.05, 3.63) is 41.5 Å². The molecule has 1 aromatic carbocycles. The van der Waals surface area contributed by atoms with Crippen molar-refractivity contribution in [1.82, 2.24) is 0 Å². The number of carbonyl (C=O) groups is 1. The van der Waals surface area contributed by atoms with E-state index < -0.39 is 0 Å². The molecule has 0 amide bonds. The lowest BCUT2D eigenvalue weighted by Gasteiger charge is -2.13. The fraction of sp³-hybridized carbons (Fsp3) is 0.250. The first-order chi connectivity index (χ1) is 6.86. The van der Waals surface area contributed by atoms with Crippen LogP contribution in [0.5, 0.6) is 0 Å². The Labute approximate surface area is 83.2 Å². The summed E-state index contributed by atoms with van der Waals surface area (Å²) in [5, 5.41) is 0. The molecular weight excluding hydrogens is 176 g/mol. The van der Waals surface area contributed by atoms with Gasteiger partial charge in [-0.2, -0.15) is 0 Å². The normalized spacial score (nSPS) is 19.4. The highest BCUT2D eigenvalue weighted by Gasteiger charge is 2.15. The van der Waals surface area contributed by atoms with Crippen LogP contribution in [0, 0.1) is 0 Å². The molecule has 1 saturated heterocycles. The molecule has 0 atom stereocenters. The van der Waals surface area contributed by atoms with Crippen LogP contribution in [0.15, 0.2) is 35.9 Å². The lowest BCUT2D eigenvalue weighted by atomic mass is 10.1. The summed E-state index contributed by atoms with van der Waals surface area (Å²) in [5.74, 6) is -0.167. The van der Waals surface area contributed by atoms with Gasteiger partial charge in [-0.25, -0.2) is 4.79 Å². The topological polar surface area (TPSA) is 26.3 Å². The van der Waals surface area contributed by atoms with Gasteiger partial charge in [0.2, 0.25) is 0 Å². The zero-order chi connectivity index (χ0) is 9.80. The third-order valence-corrected chi connectivity index (χ3v) is 2.23. The quantitative estimate of drug-likeness (QED) is 0.499. The van der Waals surface area contributed by atoms with Gasteiger partial charge in [0.1, 0.15) is 0 Å². The molecule has 0 aliphatic carbocycles. The highest BCUT2D eigenvalue weighted by atomic mass is 16.5. The van der Waals surface area contributed by atoms with Crippen molar-refractivity contribution >= 4 is 12.0 Å². The number of esters is 1. The van der Waals surface area contributed by atoms with Crippen molar-refractivity contribution in [2.24, 2.45) is 0 Å². The van der Waals surface area contributed by atoms with Crippen LogP contribution < -0.4 is 0 Å². The average Bonchev–Trinajstić information content (AvgIpc) is 2.23. The lowest BCUT2D eigenvalue weighted by molar-refractivity contribution is -0.141. The molecule has 1 heterocycles. The average molecular weight is 188 g/mol. The van der Waals surface area contributed by atoms with Crippen molar-refractivity contribution in [1.29, 1.82) is 0 Å². The molecule has 0 spiro atoms. The first-order valence-corrected chi connectivity index (χ1v) is 4.79. The van der Waals surface area contributed by atoms with Gasteiger partial charge < -0.3 is 4.74 Å². The van der Waals surface area contributed by atoms with Gasteiger partial charge in [0.25, 0.3) is 0 Å². The second kappa shape index (κ2) is 4.09. The van der Waals surface area contributed by atoms with Gasteiger partial charge in [-0.15, -0.1) is 0 Å². The number of hydrogen-bond acceptors (Lipinski definition) is 2. The summed E-state index contributed by atoms with van der Waals surface area (Å²) in [6.07, 6.45) is 3.67. The molecule has 2 heteroatoms. The van der Waals surface area contributed by atoms with Crippen LogP contribution in [0.25, 0.3) is 6.08 Å². The highest BCUT2D eigenvalue weighted by molar-refractivity contribution is 5.94. The largest absolute Gasteiger partial charge is 0.462 e. The molecule has 0 radical (unpaired) electrons. The minimum Gasteiger partial charge on any atom is -0.462 e. The third kappa shape index (κ3) is 2.02. The Bertz CT molecular complexity index is 352. The monoisotopic (exact) mass is 188 g/mol. The summed E-state index contributed by atoms with van der Waals surface area (Å²) < 4.78 is 4.96. The van der Waals surface area contributed by atoms with E-state index in [0.717, 1.165) is 24.0 Å². The van der Waals surface area contributed by atoms with Crippen molar-refractivity contribution in [3.63, 3.8) is 0 Å². The van der Waals surface area contributed by atoms with Crippen molar-refractivity contribution < 1.29 is 9.53 Å². The summed E-state index contributed by atoms with van der Waals surface area (Å²) in [5.41, 5.74) is 1.84. The van der Waals surface area contributed by atoms with Gasteiger partial charge in [-0.1, -0.05) is 30.3 Å². The van der Waals surface area contributed by atoms with E-state index in [9.17, 15) is 4.79 Å². The van der Waals surface area contributed by atoms with Gasteiger partial charge >= 0.3 is 5.97 Å². The molecule has 0 bridgehead atoms. The first kappa shape index (κ1) is 9.00. The second-order valence-corrected chi connectivity index (χ2v) is 3.32. The summed E-state index contributed by atoms with van der Waals surface area (Å²) in [4.78, 5) is 11.3. The Kier molecular flexibility index (Phi) is 2.63. The van der Waals surface area contributed by atoms with E-state index in [4.69, 9.17) is 4.74 Å². The maximum Gasteiger partial charge on any atom is 0.334 e. The van der Waals surface area contributed by atoms with Crippen LogP contribution >= 0.6 is 0 Å². The molecule has 0 unspecified atom stereocenters. The van der Waals surface area contributed by atoms with E-state index in [2.05, 4.69) is 0 Å². The Hall–Kier alpha value is -1.57. The van der Waals surface area contributed by atoms with Crippen molar-refractivity contribution in [3.8, 4) is 0 Å². The molecule has 2 nitrogen and oxygen atoms in total. The minimum absolute atomic E-state index is 0.167. The van der Waals surface area contributed by atoms with E-state index >= 15 is 0 Å². The Morgan fingerprint density at radius 1 is 1.21 bits per heavy atom. The molecule has 0 aromatic heterocycles. The predicted octanol–water partition coefficient (Wildman–Crippen LogP) is 2.41. The van der Waals surface area contributed by atoms with Gasteiger partial charge in [-0.3, -0.25) is 0 Å². The molecule has 2 rings (SSSR count). The standard InChI is InChI=1S/C12H12O2/c13-12-11(7-4-8-14-12)9-10-5-2-1-3-6-10/h1-3,5-6,9H,4,7-8H2/b11-9-. The Balaban J connectivity index is 2.21. The van der Waals surface area contributed by atoms with Gasteiger partial charge in [-0.05, 0) is 24.5 Å². The summed E-state index contributed by atoms with van der Waals surface area (Å²) >= 11 is 0. The third-order valence-electron chi connectivity index (χ3n) is 2.23. The fourth-order valence-electron chi connectivity index (χ4n) is 1.50. The predicted molar refractivity (Wildman–Crippen MR) is 54.6 cm³/mol. The molecule has 0 saturated carbocycles. The maximum atomic E-state index is 11.3. The first-order valence-electron chi connectivity index (χ1n) is 4.79. The lowest BCUT2D eigenvalue weighted by Crippen LogP contribution is -2.15. The zero-order valence-electron chi connectivity index (χ0n) is 7.90. The smallest absolute Gasteiger partial charge is 0.334 e. The number of hydrogen-bond donors (Lipinski definition) is 0. The molecule has 14 heavy (non-hydrogen) atoms. The Morgan fingerprint density at radius 3 is 2.71 bits per heavy atom. The maximum absolute atomic E-state index is 11.3. The van der Waals surface area contributed by atoms with E-state index in [1.807, 2.05) is 36.4 Å². The fourth-order valence-corrected chi connectivity index (χ4v) is 1.50. The van der Waals surface area contributed by atoms with Crippen molar-refractivity contribution in [2.45, 2.75) is 12.8 Å². The van der Waals surface area contributed by atoms with Crippen LogP contribution in [-0.4, -0.2) is 12.6 Å². The van der Waals surface area contributed by atoms with Crippen molar-refractivity contribution in [2.75, 3.05) is 6.61 Å². The number of ether oxygens (including phenoxy) is 1. The zero-order valence-corrected chi connectivity index (χ0v) is 7.90. The van der Waals surface area contributed by atoms with E-state index in [1.54, 1.807) is 0 Å². The SMILES string of the molecule is O=C1OCCC/C1=C/c1ccccc1. The number of carbonyl (C=O) groups excluding carboxylic acids is 1. The van der Waals surface area contributed by atoms with E-state index in [0.29, 0.717) is 6.61 Å². The van der Waals surface area contributed by atoms with Crippen LogP contribution in [0.3, 0.4) is 0 Å². The second-order valence-electron chi connectivity index (χ2n) is 3.32. The summed E-state index contributed by atoms with van der Waals surface area (Å²) in [6, 6.07) is 9.84. The minimum atomic E-state index is -0.167. The molecule has 1 fully saturated rings. The summed E-state index contributed by atoms with van der Waals surface area (Å²) in [6.45, 7) is 0.560. The number of benzene rings is 1. The molecule has 1 aliphatic heterocycles. The van der Waals surface area contributed by atoms with Crippen LogP contribution in [0.1, 0.15) is 18.4 Å². The van der Waals surface area contributed by atoms with Gasteiger partial charge in [0, 0.05) is 5.57 Å². The van der Waals surface area contributed by atoms with Crippen LogP contribution in [0.4, 0.5) is 0 Å². The Morgan fingerprint density at radius 2 is 2.00 bits per heavy atom. The van der Waals surface area contributed by atoms with Gasteiger partial charge in [0.15, 0.2) is 0 Å². The van der Waals surface area contributed by atoms with E-state index in [1.165, 1.54) is 0 Å². The molecule has 1 aliphatic rings. The van der Waals surface area contributed by atoms with Gasteiger partial charge in [0.05, 0.1) is 6.61 Å². The molecule has 72 valence electrons.